The first-order chi connectivity index (χ1) is 25.4. The number of fused-ring (bicyclic) bond motifs is 1. The van der Waals surface area contributed by atoms with E-state index in [2.05, 4.69) is 20.6 Å². The molecule has 2 aliphatic rings. The molecule has 0 unspecified atom stereocenters. The fraction of sp³-hybridized carbons (Fsp3) is 0.179. The number of carbonyl (C=O) groups is 4. The minimum Gasteiger partial charge on any atom is -0.448 e. The van der Waals surface area contributed by atoms with Gasteiger partial charge in [0.1, 0.15) is 17.1 Å². The van der Waals surface area contributed by atoms with E-state index in [4.69, 9.17) is 4.74 Å². The minimum absolute atomic E-state index is 0.0828. The maximum Gasteiger partial charge on any atom is 0.356 e. The molecule has 2 N–H and O–H groups in total. The van der Waals surface area contributed by atoms with Crippen LogP contribution in [0.1, 0.15) is 34.2 Å². The molecule has 3 amide bonds. The quantitative estimate of drug-likeness (QED) is 0.116. The summed E-state index contributed by atoms with van der Waals surface area (Å²) < 4.78 is 6.89. The number of ether oxygens (including phenoxy) is 1. The molecule has 1 saturated heterocycles. The summed E-state index contributed by atoms with van der Waals surface area (Å²) in [6.07, 6.45) is 1.17. The van der Waals surface area contributed by atoms with Crippen LogP contribution in [0, 0.1) is 0 Å². The van der Waals surface area contributed by atoms with E-state index < -0.39 is 23.5 Å². The first kappa shape index (κ1) is 35.2. The number of amides is 3. The Labute approximate surface area is 313 Å². The minimum atomic E-state index is -0.786. The van der Waals surface area contributed by atoms with Crippen LogP contribution in [0.4, 0.5) is 0 Å². The molecule has 2 atom stereocenters. The van der Waals surface area contributed by atoms with Gasteiger partial charge in [0.25, 0.3) is 5.91 Å². The van der Waals surface area contributed by atoms with E-state index in [0.29, 0.717) is 27.2 Å². The molecular weight excluding hydrogens is 715 g/mol. The van der Waals surface area contributed by atoms with Crippen molar-refractivity contribution in [3.05, 3.63) is 159 Å². The van der Waals surface area contributed by atoms with Crippen LogP contribution in [-0.2, 0) is 43.3 Å². The maximum absolute atomic E-state index is 14.3. The standard InChI is InChI=1S/C39H33N5O5S3/c45-31(41-22-28-18-10-11-19-40-28)21-29-23-51-39(42-29)52-30-24-50-37-33(43-32(46)20-25-12-4-1-5-13-25)36(47)44(37)34(30)38(48)49-35(26-14-6-2-7-15-26)27-16-8-3-9-17-27/h1-19,23,33,35,37H,20-22,24H2,(H,41,45)(H,43,46)/t33-,37+/m1/s1. The second kappa shape index (κ2) is 16.4. The molecule has 2 aliphatic heterocycles. The van der Waals surface area contributed by atoms with Crippen molar-refractivity contribution in [2.75, 3.05) is 5.75 Å². The van der Waals surface area contributed by atoms with Crippen LogP contribution >= 0.6 is 34.9 Å². The molecule has 5 aromatic rings. The zero-order valence-corrected chi connectivity index (χ0v) is 30.2. The summed E-state index contributed by atoms with van der Waals surface area (Å²) in [5.74, 6) is -1.12. The molecule has 0 radical (unpaired) electrons. The molecule has 52 heavy (non-hydrogen) atoms. The lowest BCUT2D eigenvalue weighted by Crippen LogP contribution is -2.70. The average Bonchev–Trinajstić information content (AvgIpc) is 3.62. The van der Waals surface area contributed by atoms with Crippen LogP contribution in [-0.4, -0.2) is 55.7 Å². The number of thioether (sulfide) groups is 2. The van der Waals surface area contributed by atoms with Crippen LogP contribution < -0.4 is 10.6 Å². The third kappa shape index (κ3) is 8.28. The van der Waals surface area contributed by atoms with Crippen molar-refractivity contribution in [3.63, 3.8) is 0 Å². The SMILES string of the molecule is O=C(Cc1csc(SC2=C(C(=O)OC(c3ccccc3)c3ccccc3)N3C(=O)[C@@H](NC(=O)Cc4ccccc4)[C@@H]3SC2)n1)NCc1ccccn1. The van der Waals surface area contributed by atoms with Crippen molar-refractivity contribution in [1.29, 1.82) is 0 Å². The number of nitrogens with zero attached hydrogens (tertiary/aromatic N) is 3. The van der Waals surface area contributed by atoms with Gasteiger partial charge in [0, 0.05) is 22.2 Å². The van der Waals surface area contributed by atoms with Crippen LogP contribution in [0.2, 0.25) is 0 Å². The summed E-state index contributed by atoms with van der Waals surface area (Å²) in [6, 6.07) is 32.9. The van der Waals surface area contributed by atoms with E-state index in [-0.39, 0.29) is 36.3 Å². The highest BCUT2D eigenvalue weighted by Gasteiger charge is 2.55. The van der Waals surface area contributed by atoms with E-state index in [1.165, 1.54) is 39.8 Å². The van der Waals surface area contributed by atoms with E-state index in [0.717, 1.165) is 22.4 Å². The molecule has 3 aromatic carbocycles. The maximum atomic E-state index is 14.3. The van der Waals surface area contributed by atoms with Crippen LogP contribution in [0.15, 0.2) is 136 Å². The summed E-state index contributed by atoms with van der Waals surface area (Å²) >= 11 is 4.10. The van der Waals surface area contributed by atoms with Gasteiger partial charge in [0.2, 0.25) is 11.8 Å². The molecule has 13 heteroatoms. The lowest BCUT2D eigenvalue weighted by atomic mass is 10.0. The highest BCUT2D eigenvalue weighted by Crippen LogP contribution is 2.46. The van der Waals surface area contributed by atoms with Gasteiger partial charge >= 0.3 is 5.97 Å². The number of thiazole rings is 1. The average molecular weight is 748 g/mol. The van der Waals surface area contributed by atoms with Gasteiger partial charge in [-0.25, -0.2) is 9.78 Å². The topological polar surface area (TPSA) is 131 Å². The third-order valence-corrected chi connectivity index (χ3v) is 11.9. The molecule has 0 aliphatic carbocycles. The van der Waals surface area contributed by atoms with Crippen LogP contribution in [0.3, 0.4) is 0 Å². The van der Waals surface area contributed by atoms with Crippen LogP contribution in [0.25, 0.3) is 0 Å². The summed E-state index contributed by atoms with van der Waals surface area (Å²) in [4.78, 5) is 64.7. The van der Waals surface area contributed by atoms with Gasteiger partial charge in [-0.2, -0.15) is 0 Å². The number of hydrogen-bond acceptors (Lipinski definition) is 10. The first-order valence-corrected chi connectivity index (χ1v) is 19.3. The predicted molar refractivity (Wildman–Crippen MR) is 201 cm³/mol. The second-order valence-corrected chi connectivity index (χ2v) is 15.3. The fourth-order valence-electron chi connectivity index (χ4n) is 5.85. The lowest BCUT2D eigenvalue weighted by Gasteiger charge is -2.49. The number of nitrogens with one attached hydrogen (secondary N) is 2. The second-order valence-electron chi connectivity index (χ2n) is 12.0. The summed E-state index contributed by atoms with van der Waals surface area (Å²) in [7, 11) is 0. The van der Waals surface area contributed by atoms with Gasteiger partial charge in [0.05, 0.1) is 30.8 Å². The van der Waals surface area contributed by atoms with E-state index in [1.807, 2.05) is 115 Å². The Bertz CT molecular complexity index is 2040. The lowest BCUT2D eigenvalue weighted by molar-refractivity contribution is -0.154. The van der Waals surface area contributed by atoms with E-state index >= 15 is 0 Å². The number of aromatic nitrogens is 2. The predicted octanol–water partition coefficient (Wildman–Crippen LogP) is 5.68. The molecule has 0 saturated carbocycles. The molecule has 10 nitrogen and oxygen atoms in total. The molecular formula is C39H33N5O5S3. The van der Waals surface area contributed by atoms with E-state index in [9.17, 15) is 19.2 Å². The molecule has 1 fully saturated rings. The number of hydrogen-bond donors (Lipinski definition) is 2. The summed E-state index contributed by atoms with van der Waals surface area (Å²) in [5, 5.41) is 7.08. The highest BCUT2D eigenvalue weighted by molar-refractivity contribution is 8.07. The van der Waals surface area contributed by atoms with Crippen LogP contribution in [0.5, 0.6) is 0 Å². The van der Waals surface area contributed by atoms with Gasteiger partial charge in [-0.3, -0.25) is 24.3 Å². The normalized spacial score (nSPS) is 16.6. The van der Waals surface area contributed by atoms with E-state index in [1.54, 1.807) is 6.20 Å². The number of benzene rings is 3. The third-order valence-electron chi connectivity index (χ3n) is 8.36. The Hall–Kier alpha value is -5.24. The summed E-state index contributed by atoms with van der Waals surface area (Å²) in [5.41, 5.74) is 3.88. The number of rotatable bonds is 13. The molecule has 262 valence electrons. The number of β-lactam (4-membered cyclic amide) rings is 1. The monoisotopic (exact) mass is 747 g/mol. The summed E-state index contributed by atoms with van der Waals surface area (Å²) in [6.45, 7) is 0.312. The fourth-order valence-corrected chi connectivity index (χ4v) is 9.32. The van der Waals surface area contributed by atoms with Crippen molar-refractivity contribution < 1.29 is 23.9 Å². The first-order valence-electron chi connectivity index (χ1n) is 16.5. The largest absolute Gasteiger partial charge is 0.448 e. The Morgan fingerprint density at radius 2 is 1.52 bits per heavy atom. The number of esters is 1. The van der Waals surface area contributed by atoms with Gasteiger partial charge in [0.15, 0.2) is 10.4 Å². The van der Waals surface area contributed by atoms with Gasteiger partial charge < -0.3 is 15.4 Å². The zero-order valence-electron chi connectivity index (χ0n) is 27.7. The Kier molecular flexibility index (Phi) is 11.1. The Morgan fingerprint density at radius 1 is 0.846 bits per heavy atom. The highest BCUT2D eigenvalue weighted by atomic mass is 32.2. The van der Waals surface area contributed by atoms with Gasteiger partial charge in [-0.05, 0) is 28.8 Å². The van der Waals surface area contributed by atoms with Crippen molar-refractivity contribution in [3.8, 4) is 0 Å². The Balaban J connectivity index is 1.12. The number of pyridine rings is 1. The molecule has 7 rings (SSSR count). The molecule has 0 bridgehead atoms. The molecule has 4 heterocycles. The zero-order chi connectivity index (χ0) is 35.9. The Morgan fingerprint density at radius 3 is 2.19 bits per heavy atom. The molecule has 0 spiro atoms. The number of carbonyl (C=O) groups excluding carboxylic acids is 4. The van der Waals surface area contributed by atoms with Gasteiger partial charge in [-0.15, -0.1) is 23.1 Å². The smallest absolute Gasteiger partial charge is 0.356 e. The van der Waals surface area contributed by atoms with Crippen molar-refractivity contribution in [2.45, 2.75) is 41.2 Å². The van der Waals surface area contributed by atoms with Crippen molar-refractivity contribution >= 4 is 58.6 Å². The van der Waals surface area contributed by atoms with Crippen molar-refractivity contribution in [1.82, 2.24) is 25.5 Å². The molecule has 2 aromatic heterocycles. The van der Waals surface area contributed by atoms with Gasteiger partial charge in [-0.1, -0.05) is 109 Å². The van der Waals surface area contributed by atoms with Crippen molar-refractivity contribution in [2.24, 2.45) is 0 Å².